The molecule has 5 heteroatoms. The zero-order valence-electron chi connectivity index (χ0n) is 11.1. The first-order valence-electron chi connectivity index (χ1n) is 6.14. The van der Waals surface area contributed by atoms with Gasteiger partial charge in [0.25, 0.3) is 0 Å². The normalized spacial score (nSPS) is 24.3. The fraction of sp³-hybridized carbons (Fsp3) is 0.917. The summed E-state index contributed by atoms with van der Waals surface area (Å²) in [5.41, 5.74) is 5.26. The summed E-state index contributed by atoms with van der Waals surface area (Å²) in [6, 6.07) is 0. The van der Waals surface area contributed by atoms with Crippen molar-refractivity contribution < 1.29 is 14.3 Å². The minimum atomic E-state index is -0.831. The van der Waals surface area contributed by atoms with E-state index < -0.39 is 5.54 Å². The van der Waals surface area contributed by atoms with Crippen molar-refractivity contribution in [2.24, 2.45) is 11.7 Å². The van der Waals surface area contributed by atoms with Gasteiger partial charge in [-0.1, -0.05) is 13.8 Å². The van der Waals surface area contributed by atoms with Crippen molar-refractivity contribution in [1.82, 2.24) is 4.90 Å². The number of nitrogens with zero attached hydrogens (tertiary/aromatic N) is 1. The number of hydrogen-bond acceptors (Lipinski definition) is 4. The first-order valence-corrected chi connectivity index (χ1v) is 6.14. The van der Waals surface area contributed by atoms with Crippen molar-refractivity contribution in [1.29, 1.82) is 0 Å². The van der Waals surface area contributed by atoms with E-state index in [1.54, 1.807) is 12.0 Å². The topological polar surface area (TPSA) is 64.8 Å². The molecule has 1 saturated heterocycles. The fourth-order valence-corrected chi connectivity index (χ4v) is 1.98. The van der Waals surface area contributed by atoms with Gasteiger partial charge in [-0.05, 0) is 12.3 Å². The fourth-order valence-electron chi connectivity index (χ4n) is 1.98. The Balaban J connectivity index is 2.63. The predicted molar refractivity (Wildman–Crippen MR) is 65.6 cm³/mol. The molecule has 0 saturated carbocycles. The molecule has 1 heterocycles. The van der Waals surface area contributed by atoms with E-state index in [2.05, 4.69) is 13.8 Å². The molecule has 0 spiro atoms. The van der Waals surface area contributed by atoms with Crippen molar-refractivity contribution in [3.63, 3.8) is 0 Å². The maximum absolute atomic E-state index is 12.4. The van der Waals surface area contributed by atoms with Crippen molar-refractivity contribution in [2.45, 2.75) is 25.8 Å². The van der Waals surface area contributed by atoms with Crippen LogP contribution in [0.25, 0.3) is 0 Å². The van der Waals surface area contributed by atoms with Gasteiger partial charge in [-0.2, -0.15) is 0 Å². The molecule has 1 rings (SSSR count). The number of carbonyl (C=O) groups is 1. The molecule has 5 nitrogen and oxygen atoms in total. The van der Waals surface area contributed by atoms with E-state index in [9.17, 15) is 4.79 Å². The summed E-state index contributed by atoms with van der Waals surface area (Å²) in [4.78, 5) is 14.2. The number of amides is 1. The number of methoxy groups -OCH3 is 1. The monoisotopic (exact) mass is 244 g/mol. The van der Waals surface area contributed by atoms with E-state index in [0.717, 1.165) is 0 Å². The molecule has 0 aromatic carbocycles. The van der Waals surface area contributed by atoms with E-state index in [0.29, 0.717) is 45.2 Å². The van der Waals surface area contributed by atoms with Crippen LogP contribution in [0.15, 0.2) is 0 Å². The van der Waals surface area contributed by atoms with Gasteiger partial charge in [-0.3, -0.25) is 4.79 Å². The molecule has 0 bridgehead atoms. The van der Waals surface area contributed by atoms with Crippen LogP contribution >= 0.6 is 0 Å². The van der Waals surface area contributed by atoms with Crippen LogP contribution in [0.4, 0.5) is 0 Å². The molecule has 1 atom stereocenters. The number of ether oxygens (including phenoxy) is 2. The van der Waals surface area contributed by atoms with E-state index in [1.807, 2.05) is 0 Å². The van der Waals surface area contributed by atoms with Crippen LogP contribution in [0.5, 0.6) is 0 Å². The predicted octanol–water partition coefficient (Wildman–Crippen LogP) is 0.235. The Morgan fingerprint density at radius 3 is 2.76 bits per heavy atom. The average Bonchev–Trinajstić information content (AvgIpc) is 2.71. The second kappa shape index (κ2) is 6.33. The van der Waals surface area contributed by atoms with Crippen LogP contribution in [-0.2, 0) is 14.3 Å². The number of nitrogens with two attached hydrogens (primary N) is 1. The summed E-state index contributed by atoms with van der Waals surface area (Å²) >= 11 is 0. The molecule has 1 aliphatic heterocycles. The average molecular weight is 244 g/mol. The van der Waals surface area contributed by atoms with Gasteiger partial charge in [-0.15, -0.1) is 0 Å². The third-order valence-electron chi connectivity index (χ3n) is 2.92. The smallest absolute Gasteiger partial charge is 0.245 e. The highest BCUT2D eigenvalue weighted by Gasteiger charge is 2.40. The summed E-state index contributed by atoms with van der Waals surface area (Å²) in [6.07, 6.45) is 0.605. The van der Waals surface area contributed by atoms with Crippen molar-refractivity contribution in [3.8, 4) is 0 Å². The highest BCUT2D eigenvalue weighted by molar-refractivity contribution is 5.86. The molecular weight excluding hydrogens is 220 g/mol. The van der Waals surface area contributed by atoms with Gasteiger partial charge in [0.2, 0.25) is 5.91 Å². The van der Waals surface area contributed by atoms with Crippen LogP contribution in [0, 0.1) is 5.92 Å². The Labute approximate surface area is 103 Å². The Morgan fingerprint density at radius 2 is 2.29 bits per heavy atom. The molecule has 0 aromatic rings. The van der Waals surface area contributed by atoms with Crippen LogP contribution < -0.4 is 5.73 Å². The van der Waals surface area contributed by atoms with Crippen molar-refractivity contribution in [3.05, 3.63) is 0 Å². The molecule has 0 aromatic heterocycles. The molecule has 1 aliphatic rings. The minimum absolute atomic E-state index is 0.0132. The lowest BCUT2D eigenvalue weighted by Crippen LogP contribution is -2.57. The molecule has 2 N–H and O–H groups in total. The Bertz CT molecular complexity index is 250. The lowest BCUT2D eigenvalue weighted by molar-refractivity contribution is -0.138. The summed E-state index contributed by atoms with van der Waals surface area (Å²) in [5, 5.41) is 0. The first-order chi connectivity index (χ1) is 7.99. The van der Waals surface area contributed by atoms with Crippen LogP contribution in [0.3, 0.4) is 0 Å². The molecule has 0 radical (unpaired) electrons. The maximum atomic E-state index is 12.4. The van der Waals surface area contributed by atoms with Gasteiger partial charge in [0.1, 0.15) is 5.54 Å². The van der Waals surface area contributed by atoms with Gasteiger partial charge in [0, 0.05) is 26.8 Å². The van der Waals surface area contributed by atoms with E-state index >= 15 is 0 Å². The van der Waals surface area contributed by atoms with Crippen molar-refractivity contribution in [2.75, 3.05) is 40.0 Å². The molecular formula is C12H24N2O3. The van der Waals surface area contributed by atoms with Gasteiger partial charge in [0.05, 0.1) is 13.2 Å². The molecule has 1 unspecified atom stereocenters. The van der Waals surface area contributed by atoms with Gasteiger partial charge in [-0.25, -0.2) is 0 Å². The summed E-state index contributed by atoms with van der Waals surface area (Å²) < 4.78 is 10.3. The summed E-state index contributed by atoms with van der Waals surface area (Å²) in [5.74, 6) is 0.405. The Morgan fingerprint density at radius 1 is 1.59 bits per heavy atom. The highest BCUT2D eigenvalue weighted by atomic mass is 16.5. The first kappa shape index (κ1) is 14.4. The number of rotatable bonds is 6. The third kappa shape index (κ3) is 3.94. The number of hydrogen-bond donors (Lipinski definition) is 1. The van der Waals surface area contributed by atoms with Crippen LogP contribution in [0.2, 0.25) is 0 Å². The maximum Gasteiger partial charge on any atom is 0.245 e. The lowest BCUT2D eigenvalue weighted by Gasteiger charge is -2.31. The Hall–Kier alpha value is -0.650. The van der Waals surface area contributed by atoms with Crippen LogP contribution in [-0.4, -0.2) is 56.4 Å². The van der Waals surface area contributed by atoms with Gasteiger partial charge < -0.3 is 20.1 Å². The zero-order valence-corrected chi connectivity index (χ0v) is 11.1. The molecule has 17 heavy (non-hydrogen) atoms. The SMILES string of the molecule is COCCN(CC(C)C)C(=O)C1(N)CCOC1. The molecule has 0 aliphatic carbocycles. The van der Waals surface area contributed by atoms with E-state index in [4.69, 9.17) is 15.2 Å². The largest absolute Gasteiger partial charge is 0.383 e. The number of carbonyl (C=O) groups excluding carboxylic acids is 1. The van der Waals surface area contributed by atoms with Crippen LogP contribution in [0.1, 0.15) is 20.3 Å². The van der Waals surface area contributed by atoms with Crippen molar-refractivity contribution >= 4 is 5.91 Å². The van der Waals surface area contributed by atoms with E-state index in [1.165, 1.54) is 0 Å². The Kier molecular flexibility index (Phi) is 5.36. The summed E-state index contributed by atoms with van der Waals surface area (Å²) in [6.45, 7) is 6.90. The quantitative estimate of drug-likeness (QED) is 0.726. The zero-order chi connectivity index (χ0) is 12.9. The molecule has 1 amide bonds. The second-order valence-corrected chi connectivity index (χ2v) is 5.10. The standard InChI is InChI=1S/C12H24N2O3/c1-10(2)8-14(5-7-16-3)11(15)12(13)4-6-17-9-12/h10H,4-9,13H2,1-3H3. The summed E-state index contributed by atoms with van der Waals surface area (Å²) in [7, 11) is 1.63. The highest BCUT2D eigenvalue weighted by Crippen LogP contribution is 2.19. The molecule has 100 valence electrons. The van der Waals surface area contributed by atoms with Gasteiger partial charge >= 0.3 is 0 Å². The third-order valence-corrected chi connectivity index (χ3v) is 2.92. The minimum Gasteiger partial charge on any atom is -0.383 e. The van der Waals surface area contributed by atoms with Gasteiger partial charge in [0.15, 0.2) is 0 Å². The second-order valence-electron chi connectivity index (χ2n) is 5.10. The molecule has 1 fully saturated rings. The lowest BCUT2D eigenvalue weighted by atomic mass is 9.97. The van der Waals surface area contributed by atoms with E-state index in [-0.39, 0.29) is 5.91 Å².